The molecule has 0 bridgehead atoms. The van der Waals surface area contributed by atoms with Crippen molar-refractivity contribution in [3.63, 3.8) is 0 Å². The number of ether oxygens (including phenoxy) is 2. The van der Waals surface area contributed by atoms with Gasteiger partial charge in [-0.15, -0.1) is 0 Å². The molecule has 4 fully saturated rings. The molecule has 0 spiro atoms. The zero-order valence-corrected chi connectivity index (χ0v) is 43.7. The number of piperidine rings is 2. The summed E-state index contributed by atoms with van der Waals surface area (Å²) in [5.41, 5.74) is 9.42. The molecule has 0 radical (unpaired) electrons. The number of hydrogen-bond acceptors (Lipinski definition) is 11. The monoisotopic (exact) mass is 1010 g/mol. The van der Waals surface area contributed by atoms with Gasteiger partial charge in [0.25, 0.3) is 5.91 Å². The second-order valence-corrected chi connectivity index (χ2v) is 22.6. The Hall–Kier alpha value is -5.54. The average molecular weight is 1010 g/mol. The van der Waals surface area contributed by atoms with Crippen molar-refractivity contribution in [2.45, 2.75) is 105 Å². The smallest absolute Gasteiger partial charge is 0.335 e. The molecular weight excluding hydrogens is 940 g/mol. The molecule has 2 heterocycles. The number of hydrogen-bond donors (Lipinski definition) is 5. The van der Waals surface area contributed by atoms with E-state index in [1.165, 1.54) is 0 Å². The van der Waals surface area contributed by atoms with E-state index in [2.05, 4.69) is 76.6 Å². The van der Waals surface area contributed by atoms with Crippen LogP contribution in [0.25, 0.3) is 0 Å². The van der Waals surface area contributed by atoms with Crippen LogP contribution in [0.1, 0.15) is 113 Å². The Bertz CT molecular complexity index is 2540. The highest BCUT2D eigenvalue weighted by Gasteiger charge is 2.64. The molecule has 2 aliphatic carbocycles. The highest BCUT2D eigenvalue weighted by atomic mass is 35.5. The molecule has 0 aromatic heterocycles. The first-order valence-corrected chi connectivity index (χ1v) is 25.2. The van der Waals surface area contributed by atoms with Gasteiger partial charge in [0.15, 0.2) is 0 Å². The second kappa shape index (κ2) is 22.5. The summed E-state index contributed by atoms with van der Waals surface area (Å²) in [7, 11) is 0. The van der Waals surface area contributed by atoms with E-state index in [9.17, 15) is 14.7 Å². The zero-order valence-electron chi connectivity index (χ0n) is 42.2. The molecule has 2 aliphatic heterocycles. The van der Waals surface area contributed by atoms with E-state index < -0.39 is 5.97 Å². The Labute approximate surface area is 429 Å². The molecule has 0 atom stereocenters. The standard InChI is InChI=1S/C28H34ClN3O3.C15H19ClN2O.C13H17NO3/c1-27(2)25(28(3,4)26(27)35-22-10-7-20(16-30)23(29)15-22)31-24(34)19-5-8-21(9-6-19)32-13-11-18(17-33)12-14-32;1-14(2)12(18)15(3,4)13(14)19-10-6-5-9(8-17)11(16)7-10;15-9-10-5-7-14(8-6-10)12-3-1-11(2-4-12)13(16)17/h5-10,15,18,25-26,33H,11-14,17H2,1-4H3,(H,31,34);5-7,12-13H,18H2,1-4H3;1-4,10,15H,5-9H2,(H,16,17). The van der Waals surface area contributed by atoms with Gasteiger partial charge in [0.1, 0.15) is 35.8 Å². The highest BCUT2D eigenvalue weighted by molar-refractivity contribution is 6.32. The lowest BCUT2D eigenvalue weighted by Gasteiger charge is -2.63. The van der Waals surface area contributed by atoms with Crippen LogP contribution in [0.3, 0.4) is 0 Å². The van der Waals surface area contributed by atoms with Crippen molar-refractivity contribution < 1.29 is 34.4 Å². The summed E-state index contributed by atoms with van der Waals surface area (Å²) in [4.78, 5) is 28.4. The second-order valence-electron chi connectivity index (χ2n) is 21.8. The quantitative estimate of drug-likeness (QED) is 0.0952. The molecule has 8 rings (SSSR count). The topological polar surface area (TPSA) is 205 Å². The summed E-state index contributed by atoms with van der Waals surface area (Å²) in [6, 6.07) is 29.1. The van der Waals surface area contributed by atoms with Crippen molar-refractivity contribution in [1.29, 1.82) is 10.5 Å². The maximum atomic E-state index is 13.1. The van der Waals surface area contributed by atoms with E-state index in [1.54, 1.807) is 48.5 Å². The van der Waals surface area contributed by atoms with Crippen LogP contribution >= 0.6 is 23.2 Å². The summed E-state index contributed by atoms with van der Waals surface area (Å²) in [5, 5.41) is 49.2. The highest BCUT2D eigenvalue weighted by Crippen LogP contribution is 2.56. The number of nitrogens with zero attached hydrogens (tertiary/aromatic N) is 4. The fourth-order valence-electron chi connectivity index (χ4n) is 11.4. The first-order valence-electron chi connectivity index (χ1n) is 24.4. The molecule has 4 aromatic rings. The minimum atomic E-state index is -0.893. The summed E-state index contributed by atoms with van der Waals surface area (Å²) >= 11 is 12.2. The predicted molar refractivity (Wildman–Crippen MR) is 279 cm³/mol. The van der Waals surface area contributed by atoms with E-state index in [4.69, 9.17) is 59.1 Å². The Morgan fingerprint density at radius 2 is 1.00 bits per heavy atom. The van der Waals surface area contributed by atoms with Crippen LogP contribution in [0, 0.1) is 56.2 Å². The lowest BCUT2D eigenvalue weighted by atomic mass is 9.49. The van der Waals surface area contributed by atoms with E-state index in [1.807, 2.05) is 42.5 Å². The Morgan fingerprint density at radius 1 is 0.634 bits per heavy atom. The van der Waals surface area contributed by atoms with Crippen LogP contribution in [-0.4, -0.2) is 90.9 Å². The summed E-state index contributed by atoms with van der Waals surface area (Å²) in [6.07, 6.45) is 3.85. The van der Waals surface area contributed by atoms with Crippen LogP contribution in [0.5, 0.6) is 11.5 Å². The maximum absolute atomic E-state index is 13.1. The number of nitrogens with two attached hydrogens (primary N) is 1. The largest absolute Gasteiger partial charge is 0.489 e. The van der Waals surface area contributed by atoms with Crippen molar-refractivity contribution in [2.24, 2.45) is 39.2 Å². The Balaban J connectivity index is 0.000000193. The molecule has 380 valence electrons. The van der Waals surface area contributed by atoms with Crippen LogP contribution < -0.4 is 30.3 Å². The minimum absolute atomic E-state index is 0.0269. The van der Waals surface area contributed by atoms with Crippen molar-refractivity contribution >= 4 is 46.5 Å². The number of aromatic carboxylic acids is 1. The molecule has 2 saturated heterocycles. The van der Waals surface area contributed by atoms with E-state index in [0.717, 1.165) is 63.2 Å². The molecule has 4 aromatic carbocycles. The lowest BCUT2D eigenvalue weighted by molar-refractivity contribution is -0.164. The molecule has 1 amide bonds. The van der Waals surface area contributed by atoms with Gasteiger partial charge in [0, 0.05) is 102 Å². The molecule has 71 heavy (non-hydrogen) atoms. The normalized spacial score (nSPS) is 22.8. The number of aliphatic hydroxyl groups excluding tert-OH is 2. The van der Waals surface area contributed by atoms with Gasteiger partial charge in [-0.2, -0.15) is 10.5 Å². The lowest BCUT2D eigenvalue weighted by Crippen LogP contribution is -2.74. The van der Waals surface area contributed by atoms with Crippen LogP contribution in [0.15, 0.2) is 84.9 Å². The first kappa shape index (κ1) is 54.8. The number of aliphatic hydroxyl groups is 2. The fraction of sp³-hybridized carbons (Fsp3) is 0.500. The van der Waals surface area contributed by atoms with Crippen molar-refractivity contribution in [3.8, 4) is 23.6 Å². The van der Waals surface area contributed by atoms with Crippen molar-refractivity contribution in [2.75, 3.05) is 49.2 Å². The molecule has 2 saturated carbocycles. The van der Waals surface area contributed by atoms with Crippen LogP contribution in [0.4, 0.5) is 11.4 Å². The van der Waals surface area contributed by atoms with Gasteiger partial charge in [0.05, 0.1) is 26.7 Å². The number of carboxylic acids is 1. The van der Waals surface area contributed by atoms with Crippen molar-refractivity contribution in [3.05, 3.63) is 117 Å². The number of benzene rings is 4. The van der Waals surface area contributed by atoms with Gasteiger partial charge < -0.3 is 45.6 Å². The first-order chi connectivity index (χ1) is 33.5. The third-order valence-electron chi connectivity index (χ3n) is 15.4. The number of carbonyl (C=O) groups is 2. The number of nitrogens with one attached hydrogen (secondary N) is 1. The summed E-state index contributed by atoms with van der Waals surface area (Å²) < 4.78 is 12.4. The number of carboxylic acid groups (broad SMARTS) is 1. The Kier molecular flexibility index (Phi) is 17.3. The number of anilines is 2. The van der Waals surface area contributed by atoms with E-state index >= 15 is 0 Å². The maximum Gasteiger partial charge on any atom is 0.335 e. The molecule has 0 unspecified atom stereocenters. The van der Waals surface area contributed by atoms with Crippen molar-refractivity contribution in [1.82, 2.24) is 5.32 Å². The number of rotatable bonds is 11. The Morgan fingerprint density at radius 3 is 1.34 bits per heavy atom. The molecule has 6 N–H and O–H groups in total. The SMILES string of the molecule is CC1(C)C(N)C(C)(C)C1Oc1ccc(C#N)c(Cl)c1.CC1(C)C(NC(=O)c2ccc(N3CCC(CO)CC3)cc2)C(C)(C)C1Oc1ccc(C#N)c(Cl)c1.O=C(O)c1ccc(N2CCC(CO)CC2)cc1. The minimum Gasteiger partial charge on any atom is -0.489 e. The molecule has 4 aliphatic rings. The van der Waals surface area contributed by atoms with Gasteiger partial charge in [-0.25, -0.2) is 4.79 Å². The average Bonchev–Trinajstić information content (AvgIpc) is 3.36. The number of amides is 1. The number of nitriles is 2. The van der Waals surface area contributed by atoms with Gasteiger partial charge in [-0.05, 0) is 110 Å². The summed E-state index contributed by atoms with van der Waals surface area (Å²) in [6.45, 7) is 21.1. The van der Waals surface area contributed by atoms with Crippen LogP contribution in [0.2, 0.25) is 10.0 Å². The molecule has 15 heteroatoms. The molecule has 13 nitrogen and oxygen atoms in total. The number of carbonyl (C=O) groups excluding carboxylic acids is 1. The fourth-order valence-corrected chi connectivity index (χ4v) is 11.9. The van der Waals surface area contributed by atoms with E-state index in [-0.39, 0.29) is 65.1 Å². The number of halogens is 2. The van der Waals surface area contributed by atoms with Gasteiger partial charge in [0.2, 0.25) is 0 Å². The van der Waals surface area contributed by atoms with Gasteiger partial charge in [-0.1, -0.05) is 78.6 Å². The van der Waals surface area contributed by atoms with Gasteiger partial charge >= 0.3 is 5.97 Å². The predicted octanol–water partition coefficient (Wildman–Crippen LogP) is 9.98. The summed E-state index contributed by atoms with van der Waals surface area (Å²) in [5.74, 6) is 1.12. The van der Waals surface area contributed by atoms with E-state index in [0.29, 0.717) is 55.6 Å². The third kappa shape index (κ3) is 12.1. The molecular formula is C56H70Cl2N6O7. The van der Waals surface area contributed by atoms with Crippen LogP contribution in [-0.2, 0) is 0 Å². The van der Waals surface area contributed by atoms with Gasteiger partial charge in [-0.3, -0.25) is 4.79 Å². The third-order valence-corrected chi connectivity index (χ3v) is 16.0. The zero-order chi connectivity index (χ0) is 52.1.